The fourth-order valence-electron chi connectivity index (χ4n) is 1.62. The van der Waals surface area contributed by atoms with Crippen LogP contribution in [0.5, 0.6) is 11.6 Å². The molecule has 2 aromatic rings. The third kappa shape index (κ3) is 2.38. The average molecular weight is 317 g/mol. The lowest BCUT2D eigenvalue weighted by atomic mass is 10.3. The van der Waals surface area contributed by atoms with Gasteiger partial charge in [-0.2, -0.15) is 5.10 Å². The van der Waals surface area contributed by atoms with Crippen LogP contribution in [-0.4, -0.2) is 9.78 Å². The van der Waals surface area contributed by atoms with Gasteiger partial charge in [0, 0.05) is 24.0 Å². The molecule has 1 aromatic carbocycles. The van der Waals surface area contributed by atoms with Gasteiger partial charge in [-0.3, -0.25) is 0 Å². The normalized spacial score (nSPS) is 10.7. The second-order valence-corrected chi connectivity index (χ2v) is 4.36. The predicted octanol–water partition coefficient (Wildman–Crippen LogP) is 3.69. The van der Waals surface area contributed by atoms with Crippen molar-refractivity contribution in [2.24, 2.45) is 7.05 Å². The summed E-state index contributed by atoms with van der Waals surface area (Å²) >= 11 is 3.33. The summed E-state index contributed by atoms with van der Waals surface area (Å²) in [5.74, 6) is -0.965. The van der Waals surface area contributed by atoms with Gasteiger partial charge in [0.1, 0.15) is 5.82 Å². The molecule has 18 heavy (non-hydrogen) atoms. The number of alkyl halides is 1. The Labute approximate surface area is 112 Å². The summed E-state index contributed by atoms with van der Waals surface area (Å²) in [7, 11) is 1.70. The molecule has 2 rings (SSSR count). The topological polar surface area (TPSA) is 27.1 Å². The first-order valence-corrected chi connectivity index (χ1v) is 6.36. The van der Waals surface area contributed by atoms with Gasteiger partial charge in [0.2, 0.25) is 5.88 Å². The first-order chi connectivity index (χ1) is 8.52. The van der Waals surface area contributed by atoms with Crippen molar-refractivity contribution in [2.45, 2.75) is 12.3 Å². The summed E-state index contributed by atoms with van der Waals surface area (Å²) in [6.45, 7) is 1.84. The van der Waals surface area contributed by atoms with Gasteiger partial charge in [0.15, 0.2) is 11.6 Å². The highest BCUT2D eigenvalue weighted by molar-refractivity contribution is 9.08. The number of aryl methyl sites for hydroxylation is 2. The van der Waals surface area contributed by atoms with E-state index in [1.807, 2.05) is 6.92 Å². The minimum absolute atomic E-state index is 0.0263. The van der Waals surface area contributed by atoms with Crippen molar-refractivity contribution in [3.8, 4) is 11.6 Å². The molecule has 96 valence electrons. The molecule has 0 aliphatic carbocycles. The molecule has 1 heterocycles. The monoisotopic (exact) mass is 316 g/mol. The summed E-state index contributed by atoms with van der Waals surface area (Å²) in [4.78, 5) is 0. The van der Waals surface area contributed by atoms with Crippen LogP contribution in [0, 0.1) is 18.6 Å². The SMILES string of the molecule is Cc1nn(C)c(Oc2ccc(F)cc2F)c1CBr. The maximum absolute atomic E-state index is 13.5. The third-order valence-corrected chi connectivity index (χ3v) is 3.08. The molecule has 3 nitrogen and oxygen atoms in total. The van der Waals surface area contributed by atoms with Crippen LogP contribution < -0.4 is 4.74 Å². The Morgan fingerprint density at radius 3 is 2.72 bits per heavy atom. The third-order valence-electron chi connectivity index (χ3n) is 2.52. The summed E-state index contributed by atoms with van der Waals surface area (Å²) in [5.41, 5.74) is 1.63. The van der Waals surface area contributed by atoms with E-state index in [-0.39, 0.29) is 5.75 Å². The van der Waals surface area contributed by atoms with E-state index in [0.717, 1.165) is 23.4 Å². The maximum Gasteiger partial charge on any atom is 0.222 e. The minimum atomic E-state index is -0.741. The molecule has 0 fully saturated rings. The van der Waals surface area contributed by atoms with E-state index in [2.05, 4.69) is 21.0 Å². The van der Waals surface area contributed by atoms with Crippen molar-refractivity contribution < 1.29 is 13.5 Å². The molecule has 6 heteroatoms. The predicted molar refractivity (Wildman–Crippen MR) is 67.0 cm³/mol. The number of benzene rings is 1. The van der Waals surface area contributed by atoms with Gasteiger partial charge < -0.3 is 4.74 Å². The number of nitrogens with zero attached hydrogens (tertiary/aromatic N) is 2. The van der Waals surface area contributed by atoms with E-state index in [4.69, 9.17) is 4.74 Å². The van der Waals surface area contributed by atoms with Crippen LogP contribution in [0.25, 0.3) is 0 Å². The summed E-state index contributed by atoms with van der Waals surface area (Å²) < 4.78 is 33.3. The Balaban J connectivity index is 2.39. The van der Waals surface area contributed by atoms with Crippen LogP contribution >= 0.6 is 15.9 Å². The largest absolute Gasteiger partial charge is 0.436 e. The highest BCUT2D eigenvalue weighted by atomic mass is 79.9. The van der Waals surface area contributed by atoms with Crippen molar-refractivity contribution in [1.82, 2.24) is 9.78 Å². The fraction of sp³-hybridized carbons (Fsp3) is 0.250. The van der Waals surface area contributed by atoms with E-state index < -0.39 is 11.6 Å². The van der Waals surface area contributed by atoms with Crippen LogP contribution in [0.2, 0.25) is 0 Å². The number of halogens is 3. The van der Waals surface area contributed by atoms with Crippen LogP contribution in [-0.2, 0) is 12.4 Å². The molecule has 0 saturated heterocycles. The van der Waals surface area contributed by atoms with Crippen molar-refractivity contribution in [3.63, 3.8) is 0 Å². The molecule has 0 aliphatic rings. The van der Waals surface area contributed by atoms with Gasteiger partial charge in [-0.1, -0.05) is 15.9 Å². The molecule has 0 amide bonds. The number of ether oxygens (including phenoxy) is 1. The molecule has 0 aliphatic heterocycles. The average Bonchev–Trinajstić information content (AvgIpc) is 2.57. The van der Waals surface area contributed by atoms with Crippen LogP contribution in [0.3, 0.4) is 0 Å². The molecule has 0 atom stereocenters. The zero-order valence-electron chi connectivity index (χ0n) is 9.88. The van der Waals surface area contributed by atoms with Gasteiger partial charge in [0.05, 0.1) is 5.69 Å². The molecule has 0 spiro atoms. The van der Waals surface area contributed by atoms with Gasteiger partial charge in [-0.05, 0) is 19.1 Å². The highest BCUT2D eigenvalue weighted by Gasteiger charge is 2.16. The van der Waals surface area contributed by atoms with Gasteiger partial charge >= 0.3 is 0 Å². The standard InChI is InChI=1S/C12H11BrF2N2O/c1-7-9(6-13)12(17(2)16-7)18-11-4-3-8(14)5-10(11)15/h3-5H,6H2,1-2H3. The maximum atomic E-state index is 13.5. The molecule has 0 N–H and O–H groups in total. The number of aromatic nitrogens is 2. The minimum Gasteiger partial charge on any atom is -0.436 e. The van der Waals surface area contributed by atoms with Gasteiger partial charge in [-0.25, -0.2) is 13.5 Å². The Hall–Kier alpha value is -1.43. The van der Waals surface area contributed by atoms with E-state index in [9.17, 15) is 8.78 Å². The summed E-state index contributed by atoms with van der Waals surface area (Å²) in [6, 6.07) is 3.19. The molecule has 1 aromatic heterocycles. The first kappa shape index (κ1) is 13.0. The highest BCUT2D eigenvalue weighted by Crippen LogP contribution is 2.30. The Morgan fingerprint density at radius 1 is 1.39 bits per heavy atom. The molecular weight excluding hydrogens is 306 g/mol. The molecule has 0 bridgehead atoms. The second-order valence-electron chi connectivity index (χ2n) is 3.80. The van der Waals surface area contributed by atoms with E-state index in [1.54, 1.807) is 7.05 Å². The smallest absolute Gasteiger partial charge is 0.222 e. The van der Waals surface area contributed by atoms with Gasteiger partial charge in [-0.15, -0.1) is 0 Å². The quantitative estimate of drug-likeness (QED) is 0.807. The fourth-order valence-corrected chi connectivity index (χ4v) is 2.27. The number of rotatable bonds is 3. The second kappa shape index (κ2) is 5.06. The zero-order chi connectivity index (χ0) is 13.3. The molecular formula is C12H11BrF2N2O. The molecule has 0 saturated carbocycles. The van der Waals surface area contributed by atoms with E-state index >= 15 is 0 Å². The van der Waals surface area contributed by atoms with Crippen molar-refractivity contribution in [3.05, 3.63) is 41.1 Å². The Kier molecular flexibility index (Phi) is 3.65. The number of hydrogen-bond acceptors (Lipinski definition) is 2. The number of hydrogen-bond donors (Lipinski definition) is 0. The Morgan fingerprint density at radius 2 is 2.11 bits per heavy atom. The lowest BCUT2D eigenvalue weighted by Gasteiger charge is -2.08. The lowest BCUT2D eigenvalue weighted by Crippen LogP contribution is -1.98. The van der Waals surface area contributed by atoms with Gasteiger partial charge in [0.25, 0.3) is 0 Å². The van der Waals surface area contributed by atoms with Crippen LogP contribution in [0.4, 0.5) is 8.78 Å². The summed E-state index contributed by atoms with van der Waals surface area (Å²) in [6.07, 6.45) is 0. The Bertz CT molecular complexity index is 584. The molecule has 0 unspecified atom stereocenters. The van der Waals surface area contributed by atoms with E-state index in [0.29, 0.717) is 11.2 Å². The van der Waals surface area contributed by atoms with E-state index in [1.165, 1.54) is 10.7 Å². The molecule has 0 radical (unpaired) electrons. The van der Waals surface area contributed by atoms with Crippen LogP contribution in [0.1, 0.15) is 11.3 Å². The lowest BCUT2D eigenvalue weighted by molar-refractivity contribution is 0.398. The van der Waals surface area contributed by atoms with Crippen LogP contribution in [0.15, 0.2) is 18.2 Å². The zero-order valence-corrected chi connectivity index (χ0v) is 11.5. The van der Waals surface area contributed by atoms with Crippen molar-refractivity contribution in [1.29, 1.82) is 0 Å². The first-order valence-electron chi connectivity index (χ1n) is 5.24. The summed E-state index contributed by atoms with van der Waals surface area (Å²) in [5, 5.41) is 4.74. The van der Waals surface area contributed by atoms with Crippen molar-refractivity contribution >= 4 is 15.9 Å². The van der Waals surface area contributed by atoms with Crippen molar-refractivity contribution in [2.75, 3.05) is 0 Å².